The number of esters is 1. The van der Waals surface area contributed by atoms with Crippen molar-refractivity contribution in [2.24, 2.45) is 0 Å². The maximum atomic E-state index is 12.0. The number of halogens is 2. The van der Waals surface area contributed by atoms with Gasteiger partial charge in [0, 0.05) is 18.9 Å². The number of ether oxygens (including phenoxy) is 3. The lowest BCUT2D eigenvalue weighted by molar-refractivity contribution is -0.369. The number of hydrogen-bond acceptors (Lipinski definition) is 4. The Balaban J connectivity index is 0. The standard InChI is InChI=1S/C16H24N2O4.2ClH/c1-2-7-22-16(19)13-10-14(20-8-3-5-17)12-15(11-13)21-9-4-6-18;;/h2,10-12H,1,3-9,17-18H2;2*1H. The van der Waals surface area contributed by atoms with Gasteiger partial charge in [0.1, 0.15) is 18.1 Å². The number of hydrogen-bond donors (Lipinski definition) is 2. The molecular weight excluding hydrogens is 355 g/mol. The summed E-state index contributed by atoms with van der Waals surface area (Å²) < 4.78 is 16.3. The fraction of sp³-hybridized carbons (Fsp3) is 0.438. The Kier molecular flexibility index (Phi) is 15.6. The second-order valence-corrected chi connectivity index (χ2v) is 4.69. The minimum Gasteiger partial charge on any atom is -1.00 e. The third-order valence-electron chi connectivity index (χ3n) is 2.77. The largest absolute Gasteiger partial charge is 1.00 e. The molecule has 1 aromatic rings. The van der Waals surface area contributed by atoms with E-state index in [-0.39, 0.29) is 31.4 Å². The summed E-state index contributed by atoms with van der Waals surface area (Å²) in [5.41, 5.74) is 7.94. The van der Waals surface area contributed by atoms with Gasteiger partial charge in [-0.1, -0.05) is 12.7 Å². The van der Waals surface area contributed by atoms with Gasteiger partial charge in [0.2, 0.25) is 0 Å². The molecule has 0 bridgehead atoms. The van der Waals surface area contributed by atoms with E-state index in [9.17, 15) is 4.79 Å². The first kappa shape index (κ1) is 24.8. The average molecular weight is 381 g/mol. The van der Waals surface area contributed by atoms with E-state index in [1.54, 1.807) is 18.2 Å². The number of benzene rings is 1. The summed E-state index contributed by atoms with van der Waals surface area (Å²) in [6.07, 6.45) is 3.23. The summed E-state index contributed by atoms with van der Waals surface area (Å²) in [6.45, 7) is 6.39. The predicted molar refractivity (Wildman–Crippen MR) is 82.7 cm³/mol. The topological polar surface area (TPSA) is 100 Å². The molecule has 8 heteroatoms. The van der Waals surface area contributed by atoms with Gasteiger partial charge in [-0.3, -0.25) is 0 Å². The number of carbonyl (C=O) groups excluding carboxylic acids is 1. The van der Waals surface area contributed by atoms with E-state index in [2.05, 4.69) is 18.0 Å². The zero-order valence-corrected chi connectivity index (χ0v) is 15.3. The van der Waals surface area contributed by atoms with Crippen LogP contribution in [0.3, 0.4) is 0 Å². The highest BCUT2D eigenvalue weighted by atomic mass is 35.5. The van der Waals surface area contributed by atoms with Gasteiger partial charge in [-0.2, -0.15) is 0 Å². The Morgan fingerprint density at radius 2 is 1.50 bits per heavy atom. The molecule has 138 valence electrons. The summed E-state index contributed by atoms with van der Waals surface area (Å²) in [5, 5.41) is 0. The first-order valence-electron chi connectivity index (χ1n) is 7.48. The van der Waals surface area contributed by atoms with Crippen LogP contribution in [0.15, 0.2) is 30.9 Å². The van der Waals surface area contributed by atoms with Crippen LogP contribution in [-0.4, -0.2) is 38.9 Å². The molecule has 0 atom stereocenters. The predicted octanol–water partition coefficient (Wildman–Crippen LogP) is -5.94. The van der Waals surface area contributed by atoms with Gasteiger partial charge < -0.3 is 50.5 Å². The molecule has 0 aliphatic rings. The third kappa shape index (κ3) is 9.62. The van der Waals surface area contributed by atoms with Crippen molar-refractivity contribution in [2.45, 2.75) is 12.8 Å². The van der Waals surface area contributed by atoms with Crippen molar-refractivity contribution in [3.8, 4) is 11.5 Å². The molecule has 6 nitrogen and oxygen atoms in total. The summed E-state index contributed by atoms with van der Waals surface area (Å²) in [7, 11) is 0. The fourth-order valence-electron chi connectivity index (χ4n) is 1.66. The Labute approximate surface area is 155 Å². The van der Waals surface area contributed by atoms with Crippen LogP contribution in [0.5, 0.6) is 11.5 Å². The van der Waals surface area contributed by atoms with Gasteiger partial charge in [0.25, 0.3) is 0 Å². The Morgan fingerprint density at radius 1 is 1.00 bits per heavy atom. The van der Waals surface area contributed by atoms with Gasteiger partial charge in [-0.15, -0.1) is 0 Å². The van der Waals surface area contributed by atoms with Crippen molar-refractivity contribution in [1.29, 1.82) is 0 Å². The summed E-state index contributed by atoms with van der Waals surface area (Å²) in [4.78, 5) is 12.0. The zero-order chi connectivity index (χ0) is 16.2. The molecule has 0 spiro atoms. The highest BCUT2D eigenvalue weighted by molar-refractivity contribution is 5.90. The van der Waals surface area contributed by atoms with Crippen molar-refractivity contribution in [1.82, 2.24) is 0 Å². The monoisotopic (exact) mass is 380 g/mol. The molecule has 0 aliphatic carbocycles. The molecule has 0 heterocycles. The molecule has 0 fully saturated rings. The smallest absolute Gasteiger partial charge is 0.338 e. The molecule has 0 saturated heterocycles. The molecule has 24 heavy (non-hydrogen) atoms. The first-order valence-corrected chi connectivity index (χ1v) is 7.48. The van der Waals surface area contributed by atoms with Crippen LogP contribution in [-0.2, 0) is 4.74 Å². The van der Waals surface area contributed by atoms with Crippen LogP contribution in [0.4, 0.5) is 0 Å². The number of rotatable bonds is 11. The molecular formula is C16H26Cl2N2O4. The zero-order valence-electron chi connectivity index (χ0n) is 13.8. The molecule has 1 rings (SSSR count). The Morgan fingerprint density at radius 3 is 1.92 bits per heavy atom. The van der Waals surface area contributed by atoms with Crippen molar-refractivity contribution in [2.75, 3.05) is 32.9 Å². The minimum absolute atomic E-state index is 0. The van der Waals surface area contributed by atoms with Crippen molar-refractivity contribution >= 4 is 5.97 Å². The molecule has 0 saturated carbocycles. The molecule has 0 unspecified atom stereocenters. The van der Waals surface area contributed by atoms with Crippen molar-refractivity contribution < 1.29 is 55.3 Å². The van der Waals surface area contributed by atoms with Crippen LogP contribution in [0, 0.1) is 0 Å². The fourth-order valence-corrected chi connectivity index (χ4v) is 1.66. The Bertz CT molecular complexity index is 459. The van der Waals surface area contributed by atoms with Crippen LogP contribution >= 0.6 is 0 Å². The van der Waals surface area contributed by atoms with Gasteiger partial charge >= 0.3 is 5.97 Å². The lowest BCUT2D eigenvalue weighted by atomic mass is 10.2. The number of quaternary nitrogens is 2. The van der Waals surface area contributed by atoms with Crippen LogP contribution < -0.4 is 45.8 Å². The third-order valence-corrected chi connectivity index (χ3v) is 2.77. The first-order chi connectivity index (χ1) is 10.7. The maximum Gasteiger partial charge on any atom is 0.338 e. The van der Waals surface area contributed by atoms with Crippen molar-refractivity contribution in [3.05, 3.63) is 36.4 Å². The summed E-state index contributed by atoms with van der Waals surface area (Å²) >= 11 is 0. The molecule has 1 aromatic carbocycles. The SMILES string of the molecule is C=CCOC(=O)c1cc(OCCC[NH3+])cc(OCCC[NH3+])c1.[Cl-].[Cl-]. The van der Waals surface area contributed by atoms with Crippen LogP contribution in [0.1, 0.15) is 23.2 Å². The van der Waals surface area contributed by atoms with E-state index in [4.69, 9.17) is 14.2 Å². The van der Waals surface area contributed by atoms with E-state index < -0.39 is 5.97 Å². The molecule has 6 N–H and O–H groups in total. The molecule has 0 radical (unpaired) electrons. The molecule has 0 aromatic heterocycles. The second-order valence-electron chi connectivity index (χ2n) is 4.69. The van der Waals surface area contributed by atoms with E-state index in [0.717, 1.165) is 25.9 Å². The Hall–Kier alpha value is -1.47. The average Bonchev–Trinajstić information content (AvgIpc) is 2.53. The van der Waals surface area contributed by atoms with Gasteiger partial charge in [0.05, 0.1) is 31.9 Å². The van der Waals surface area contributed by atoms with E-state index >= 15 is 0 Å². The molecule has 0 aliphatic heterocycles. The minimum atomic E-state index is -0.426. The van der Waals surface area contributed by atoms with Crippen LogP contribution in [0.2, 0.25) is 0 Å². The number of carbonyl (C=O) groups is 1. The quantitative estimate of drug-likeness (QED) is 0.227. The normalized spacial score (nSPS) is 9.25. The van der Waals surface area contributed by atoms with E-state index in [1.807, 2.05) is 0 Å². The van der Waals surface area contributed by atoms with Gasteiger partial charge in [-0.05, 0) is 12.1 Å². The lowest BCUT2D eigenvalue weighted by Gasteiger charge is -2.11. The van der Waals surface area contributed by atoms with Crippen molar-refractivity contribution in [3.63, 3.8) is 0 Å². The highest BCUT2D eigenvalue weighted by Gasteiger charge is 2.11. The maximum absolute atomic E-state index is 12.0. The van der Waals surface area contributed by atoms with Gasteiger partial charge in [-0.25, -0.2) is 4.79 Å². The lowest BCUT2D eigenvalue weighted by Crippen LogP contribution is -3.00. The highest BCUT2D eigenvalue weighted by Crippen LogP contribution is 2.24. The van der Waals surface area contributed by atoms with E-state index in [1.165, 1.54) is 6.08 Å². The van der Waals surface area contributed by atoms with Crippen LogP contribution in [0.25, 0.3) is 0 Å². The summed E-state index contributed by atoms with van der Waals surface area (Å²) in [6, 6.07) is 5.09. The summed E-state index contributed by atoms with van der Waals surface area (Å²) in [5.74, 6) is 0.752. The second kappa shape index (κ2) is 15.1. The molecule has 0 amide bonds. The van der Waals surface area contributed by atoms with Gasteiger partial charge in [0.15, 0.2) is 0 Å². The van der Waals surface area contributed by atoms with E-state index in [0.29, 0.717) is 30.3 Å².